The lowest BCUT2D eigenvalue weighted by Crippen LogP contribution is -2.59. The number of rotatable bonds is 8. The summed E-state index contributed by atoms with van der Waals surface area (Å²) >= 11 is 1.46. The minimum atomic E-state index is -1.06. The number of nitrogens with one attached hydrogen (secondary N) is 5. The van der Waals surface area contributed by atoms with Crippen molar-refractivity contribution in [3.8, 4) is 11.5 Å². The predicted molar refractivity (Wildman–Crippen MR) is 191 cm³/mol. The van der Waals surface area contributed by atoms with Gasteiger partial charge >= 0.3 is 0 Å². The SMILES string of the molecule is CC(C)[C@H]1NC(=O)[C@@H](NC(=O)CCSc2ccc3c(c2)OCCO3)CCCNC(=O)CN(C)C(=O)[C@H](Cc2ccccc2)NC(=O)[C@@H](C)NC1=O. The molecule has 0 bridgehead atoms. The van der Waals surface area contributed by atoms with Crippen LogP contribution in [0.2, 0.25) is 0 Å². The second-order valence-electron chi connectivity index (χ2n) is 12.9. The van der Waals surface area contributed by atoms with Gasteiger partial charge in [0.15, 0.2) is 11.5 Å². The van der Waals surface area contributed by atoms with Crippen molar-refractivity contribution in [2.75, 3.05) is 39.1 Å². The van der Waals surface area contributed by atoms with Gasteiger partial charge in [0.25, 0.3) is 0 Å². The summed E-state index contributed by atoms with van der Waals surface area (Å²) in [5, 5.41) is 13.7. The molecule has 1 fully saturated rings. The summed E-state index contributed by atoms with van der Waals surface area (Å²) in [6.45, 7) is 5.87. The van der Waals surface area contributed by atoms with Crippen LogP contribution in [0.15, 0.2) is 53.4 Å². The van der Waals surface area contributed by atoms with Crippen molar-refractivity contribution < 1.29 is 38.2 Å². The summed E-state index contributed by atoms with van der Waals surface area (Å²) in [5.41, 5.74) is 0.802. The Balaban J connectivity index is 1.44. The third-order valence-electron chi connectivity index (χ3n) is 8.41. The van der Waals surface area contributed by atoms with Gasteiger partial charge in [0, 0.05) is 37.1 Å². The van der Waals surface area contributed by atoms with Gasteiger partial charge in [-0.1, -0.05) is 44.2 Å². The number of ether oxygens (including phenoxy) is 2. The zero-order valence-corrected chi connectivity index (χ0v) is 30.3. The molecule has 4 rings (SSSR count). The van der Waals surface area contributed by atoms with E-state index < -0.39 is 53.7 Å². The summed E-state index contributed by atoms with van der Waals surface area (Å²) in [6.07, 6.45) is 0.793. The Morgan fingerprint density at radius 1 is 0.941 bits per heavy atom. The highest BCUT2D eigenvalue weighted by atomic mass is 32.2. The van der Waals surface area contributed by atoms with Crippen molar-refractivity contribution in [1.82, 2.24) is 31.5 Å². The molecule has 14 nitrogen and oxygen atoms in total. The van der Waals surface area contributed by atoms with E-state index in [2.05, 4.69) is 26.6 Å². The number of likely N-dealkylation sites (N-methyl/N-ethyl adjacent to an activating group) is 1. The first-order valence-electron chi connectivity index (χ1n) is 17.2. The van der Waals surface area contributed by atoms with E-state index in [1.54, 1.807) is 13.8 Å². The van der Waals surface area contributed by atoms with Crippen LogP contribution in [0.4, 0.5) is 0 Å². The fourth-order valence-corrected chi connectivity index (χ4v) is 6.44. The molecule has 51 heavy (non-hydrogen) atoms. The number of hydrogen-bond donors (Lipinski definition) is 5. The number of carbonyl (C=O) groups excluding carboxylic acids is 6. The Morgan fingerprint density at radius 3 is 2.39 bits per heavy atom. The zero-order chi connectivity index (χ0) is 36.9. The fourth-order valence-electron chi connectivity index (χ4n) is 5.56. The van der Waals surface area contributed by atoms with Crippen LogP contribution < -0.4 is 36.1 Å². The number of thioether (sulfide) groups is 1. The quantitative estimate of drug-likeness (QED) is 0.250. The molecule has 4 atom stereocenters. The Labute approximate surface area is 302 Å². The predicted octanol–water partition coefficient (Wildman–Crippen LogP) is 1.17. The number of benzene rings is 2. The normalized spacial score (nSPS) is 22.5. The number of fused-ring (bicyclic) bond motifs is 1. The van der Waals surface area contributed by atoms with E-state index in [0.717, 1.165) is 10.5 Å². The maximum atomic E-state index is 13.6. The van der Waals surface area contributed by atoms with Gasteiger partial charge in [-0.15, -0.1) is 11.8 Å². The first kappa shape index (κ1) is 39.0. The second-order valence-corrected chi connectivity index (χ2v) is 14.1. The van der Waals surface area contributed by atoms with Crippen LogP contribution in [0.25, 0.3) is 0 Å². The molecule has 0 radical (unpaired) electrons. The van der Waals surface area contributed by atoms with Crippen molar-refractivity contribution in [2.45, 2.75) is 75.5 Å². The molecule has 0 aromatic heterocycles. The lowest BCUT2D eigenvalue weighted by atomic mass is 10.0. The first-order valence-corrected chi connectivity index (χ1v) is 18.2. The lowest BCUT2D eigenvalue weighted by molar-refractivity contribution is -0.139. The van der Waals surface area contributed by atoms with Crippen molar-refractivity contribution in [3.63, 3.8) is 0 Å². The number of amides is 6. The monoisotopic (exact) mass is 724 g/mol. The zero-order valence-electron chi connectivity index (χ0n) is 29.5. The van der Waals surface area contributed by atoms with E-state index in [-0.39, 0.29) is 44.2 Å². The molecular formula is C36H48N6O8S. The highest BCUT2D eigenvalue weighted by Crippen LogP contribution is 2.34. The average Bonchev–Trinajstić information content (AvgIpc) is 3.10. The molecule has 2 aliphatic rings. The highest BCUT2D eigenvalue weighted by molar-refractivity contribution is 7.99. The summed E-state index contributed by atoms with van der Waals surface area (Å²) in [7, 11) is 1.48. The van der Waals surface area contributed by atoms with Crippen molar-refractivity contribution in [3.05, 3.63) is 54.1 Å². The van der Waals surface area contributed by atoms with Gasteiger partial charge in [-0.05, 0) is 49.4 Å². The first-order chi connectivity index (χ1) is 24.4. The van der Waals surface area contributed by atoms with Crippen molar-refractivity contribution in [1.29, 1.82) is 0 Å². The average molecular weight is 725 g/mol. The van der Waals surface area contributed by atoms with Crippen LogP contribution in [0, 0.1) is 5.92 Å². The standard InChI is InChI=1S/C36H48N6O8S/c1-22(2)32-35(47)38-23(3)33(45)40-27(19-24-9-6-5-7-10-24)36(48)42(4)21-31(44)37-15-8-11-26(34(46)41-32)39-30(43)14-18-51-25-12-13-28-29(20-25)50-17-16-49-28/h5-7,9-10,12-13,20,22-23,26-27,32H,8,11,14-19,21H2,1-4H3,(H,37,44)(H,38,47)(H,39,43)(H,40,45)(H,41,46)/t23-,26+,27+,32-/m1/s1. The molecule has 1 saturated heterocycles. The summed E-state index contributed by atoms with van der Waals surface area (Å²) < 4.78 is 11.2. The largest absolute Gasteiger partial charge is 0.486 e. The van der Waals surface area contributed by atoms with Gasteiger partial charge in [-0.2, -0.15) is 0 Å². The van der Waals surface area contributed by atoms with Crippen LogP contribution in [0.3, 0.4) is 0 Å². The number of carbonyl (C=O) groups is 6. The molecule has 15 heteroatoms. The Bertz CT molecular complexity index is 1560. The minimum absolute atomic E-state index is 0.117. The molecular weight excluding hydrogens is 676 g/mol. The fraction of sp³-hybridized carbons (Fsp3) is 0.500. The molecule has 5 N–H and O–H groups in total. The van der Waals surface area contributed by atoms with Gasteiger partial charge in [-0.3, -0.25) is 28.8 Å². The van der Waals surface area contributed by atoms with Crippen molar-refractivity contribution in [2.24, 2.45) is 5.92 Å². The number of nitrogens with zero attached hydrogens (tertiary/aromatic N) is 1. The van der Waals surface area contributed by atoms with Crippen LogP contribution in [-0.2, 0) is 35.2 Å². The molecule has 276 valence electrons. The third-order valence-corrected chi connectivity index (χ3v) is 9.40. The highest BCUT2D eigenvalue weighted by Gasteiger charge is 2.32. The number of hydrogen-bond acceptors (Lipinski definition) is 9. The molecule has 0 saturated carbocycles. The molecule has 2 heterocycles. The van der Waals surface area contributed by atoms with E-state index in [1.807, 2.05) is 48.5 Å². The summed E-state index contributed by atoms with van der Waals surface area (Å²) in [5.74, 6) is -1.59. The second kappa shape index (κ2) is 19.0. The Morgan fingerprint density at radius 2 is 1.67 bits per heavy atom. The van der Waals surface area contributed by atoms with Crippen LogP contribution in [0.5, 0.6) is 11.5 Å². The topological polar surface area (TPSA) is 184 Å². The van der Waals surface area contributed by atoms with Crippen LogP contribution in [0.1, 0.15) is 45.6 Å². The van der Waals surface area contributed by atoms with E-state index in [0.29, 0.717) is 36.9 Å². The van der Waals surface area contributed by atoms with E-state index in [4.69, 9.17) is 9.47 Å². The maximum Gasteiger partial charge on any atom is 0.245 e. The van der Waals surface area contributed by atoms with Gasteiger partial charge in [0.1, 0.15) is 37.4 Å². The Hall–Kier alpha value is -4.79. The molecule has 0 aliphatic carbocycles. The molecule has 2 aromatic rings. The minimum Gasteiger partial charge on any atom is -0.486 e. The molecule has 6 amide bonds. The maximum absolute atomic E-state index is 13.6. The third kappa shape index (κ3) is 11.9. The van der Waals surface area contributed by atoms with E-state index >= 15 is 0 Å². The lowest BCUT2D eigenvalue weighted by Gasteiger charge is -2.28. The molecule has 0 unspecified atom stereocenters. The summed E-state index contributed by atoms with van der Waals surface area (Å²) in [6, 6.07) is 10.6. The van der Waals surface area contributed by atoms with E-state index in [1.165, 1.54) is 30.6 Å². The van der Waals surface area contributed by atoms with Crippen LogP contribution >= 0.6 is 11.8 Å². The molecule has 2 aliphatic heterocycles. The van der Waals surface area contributed by atoms with Gasteiger partial charge in [0.05, 0.1) is 6.54 Å². The van der Waals surface area contributed by atoms with Gasteiger partial charge < -0.3 is 41.0 Å². The molecule has 2 aromatic carbocycles. The smallest absolute Gasteiger partial charge is 0.245 e. The molecule has 0 spiro atoms. The Kier molecular flexibility index (Phi) is 14.5. The van der Waals surface area contributed by atoms with Gasteiger partial charge in [-0.25, -0.2) is 0 Å². The van der Waals surface area contributed by atoms with E-state index in [9.17, 15) is 28.8 Å². The van der Waals surface area contributed by atoms with Crippen molar-refractivity contribution >= 4 is 47.2 Å². The summed E-state index contributed by atoms with van der Waals surface area (Å²) in [4.78, 5) is 81.8. The van der Waals surface area contributed by atoms with Gasteiger partial charge in [0.2, 0.25) is 35.4 Å². The van der Waals surface area contributed by atoms with Crippen LogP contribution in [-0.4, -0.2) is 104 Å².